The maximum Gasteiger partial charge on any atom is 0.242 e. The van der Waals surface area contributed by atoms with Crippen LogP contribution < -0.4 is 14.9 Å². The Balaban J connectivity index is 1.84. The van der Waals surface area contributed by atoms with Gasteiger partial charge in [-0.3, -0.25) is 9.59 Å². The standard InChI is InChI=1S/C24H31N3O4S/c1-14(2)23(24(29)25-21-9-7-15(3)11-16(21)4)26-32(30,31)20-8-10-22-19(13-20)12-17(5)27(22)18(6)28/h7-11,13-14,17,23,26H,12H2,1-6H3,(H,25,29)/t17-,23+/m1/s1. The summed E-state index contributed by atoms with van der Waals surface area (Å²) in [6.07, 6.45) is 0.582. The van der Waals surface area contributed by atoms with E-state index < -0.39 is 22.0 Å². The number of carbonyl (C=O) groups excluding carboxylic acids is 2. The van der Waals surface area contributed by atoms with Crippen LogP contribution in [0.15, 0.2) is 41.3 Å². The van der Waals surface area contributed by atoms with Crippen molar-refractivity contribution in [2.45, 2.75) is 64.9 Å². The Labute approximate surface area is 190 Å². The van der Waals surface area contributed by atoms with Crippen LogP contribution in [-0.4, -0.2) is 32.3 Å². The minimum Gasteiger partial charge on any atom is -0.324 e. The molecular weight excluding hydrogens is 426 g/mol. The summed E-state index contributed by atoms with van der Waals surface area (Å²) in [7, 11) is -3.95. The molecule has 0 unspecified atom stereocenters. The van der Waals surface area contributed by atoms with Gasteiger partial charge in [0, 0.05) is 24.3 Å². The number of carbonyl (C=O) groups is 2. The highest BCUT2D eigenvalue weighted by atomic mass is 32.2. The van der Waals surface area contributed by atoms with Gasteiger partial charge in [-0.1, -0.05) is 31.5 Å². The minimum absolute atomic E-state index is 0.0275. The first kappa shape index (κ1) is 23.9. The average molecular weight is 458 g/mol. The number of hydrogen-bond acceptors (Lipinski definition) is 4. The van der Waals surface area contributed by atoms with Crippen molar-refractivity contribution in [2.75, 3.05) is 10.2 Å². The van der Waals surface area contributed by atoms with E-state index in [2.05, 4.69) is 10.0 Å². The summed E-state index contributed by atoms with van der Waals surface area (Å²) in [5.74, 6) is -0.751. The van der Waals surface area contributed by atoms with E-state index in [1.807, 2.05) is 39.0 Å². The Kier molecular flexibility index (Phi) is 6.76. The molecule has 0 aromatic heterocycles. The first-order valence-electron chi connectivity index (χ1n) is 10.7. The number of nitrogens with zero attached hydrogens (tertiary/aromatic N) is 1. The zero-order chi connectivity index (χ0) is 23.8. The topological polar surface area (TPSA) is 95.6 Å². The lowest BCUT2D eigenvalue weighted by atomic mass is 10.0. The quantitative estimate of drug-likeness (QED) is 0.694. The molecule has 2 aromatic carbocycles. The van der Waals surface area contributed by atoms with Crippen LogP contribution in [0.5, 0.6) is 0 Å². The fourth-order valence-electron chi connectivity index (χ4n) is 4.15. The maximum absolute atomic E-state index is 13.1. The zero-order valence-corrected chi connectivity index (χ0v) is 20.2. The van der Waals surface area contributed by atoms with Crippen LogP contribution >= 0.6 is 0 Å². The molecule has 8 heteroatoms. The third-order valence-corrected chi connectivity index (χ3v) is 7.23. The van der Waals surface area contributed by atoms with Crippen molar-refractivity contribution in [2.24, 2.45) is 5.92 Å². The fraction of sp³-hybridized carbons (Fsp3) is 0.417. The SMILES string of the molecule is CC(=O)N1c2ccc(S(=O)(=O)N[C@H](C(=O)Nc3ccc(C)cc3C)C(C)C)cc2C[C@H]1C. The molecule has 172 valence electrons. The van der Waals surface area contributed by atoms with Crippen molar-refractivity contribution in [1.82, 2.24) is 4.72 Å². The molecule has 0 radical (unpaired) electrons. The van der Waals surface area contributed by atoms with Crippen LogP contribution in [0.4, 0.5) is 11.4 Å². The molecule has 1 heterocycles. The highest BCUT2D eigenvalue weighted by molar-refractivity contribution is 7.89. The Bertz CT molecular complexity index is 1160. The van der Waals surface area contributed by atoms with Crippen molar-refractivity contribution >= 4 is 33.2 Å². The second-order valence-corrected chi connectivity index (χ2v) is 10.6. The number of sulfonamides is 1. The highest BCUT2D eigenvalue weighted by Gasteiger charge is 2.32. The molecule has 3 rings (SSSR count). The van der Waals surface area contributed by atoms with Crippen LogP contribution in [0.25, 0.3) is 0 Å². The van der Waals surface area contributed by atoms with Crippen molar-refractivity contribution in [3.8, 4) is 0 Å². The predicted octanol–water partition coefficient (Wildman–Crippen LogP) is 3.54. The van der Waals surface area contributed by atoms with E-state index in [1.54, 1.807) is 30.9 Å². The normalized spacial score (nSPS) is 16.7. The lowest BCUT2D eigenvalue weighted by Crippen LogP contribution is -2.47. The van der Waals surface area contributed by atoms with Gasteiger partial charge in [0.1, 0.15) is 6.04 Å². The number of amides is 2. The largest absolute Gasteiger partial charge is 0.324 e. The maximum atomic E-state index is 13.1. The Morgan fingerprint density at radius 3 is 2.38 bits per heavy atom. The summed E-state index contributed by atoms with van der Waals surface area (Å²) in [4.78, 5) is 26.7. The number of anilines is 2. The molecule has 0 bridgehead atoms. The predicted molar refractivity (Wildman–Crippen MR) is 126 cm³/mol. The lowest BCUT2D eigenvalue weighted by Gasteiger charge is -2.23. The molecule has 2 aromatic rings. The van der Waals surface area contributed by atoms with E-state index in [9.17, 15) is 18.0 Å². The van der Waals surface area contributed by atoms with Crippen molar-refractivity contribution in [3.63, 3.8) is 0 Å². The highest BCUT2D eigenvalue weighted by Crippen LogP contribution is 2.34. The van der Waals surface area contributed by atoms with E-state index in [0.717, 1.165) is 22.4 Å². The van der Waals surface area contributed by atoms with Gasteiger partial charge in [-0.25, -0.2) is 8.42 Å². The molecule has 1 aliphatic heterocycles. The van der Waals surface area contributed by atoms with Crippen molar-refractivity contribution in [3.05, 3.63) is 53.1 Å². The molecular formula is C24H31N3O4S. The van der Waals surface area contributed by atoms with Crippen LogP contribution in [0.2, 0.25) is 0 Å². The molecule has 0 spiro atoms. The van der Waals surface area contributed by atoms with Gasteiger partial charge in [0.15, 0.2) is 0 Å². The molecule has 1 aliphatic rings. The number of benzene rings is 2. The summed E-state index contributed by atoms with van der Waals surface area (Å²) in [5, 5.41) is 2.85. The summed E-state index contributed by atoms with van der Waals surface area (Å²) in [5.41, 5.74) is 4.18. The molecule has 0 saturated carbocycles. The third kappa shape index (κ3) is 4.86. The summed E-state index contributed by atoms with van der Waals surface area (Å²) < 4.78 is 28.9. The monoisotopic (exact) mass is 457 g/mol. The van der Waals surface area contributed by atoms with Gasteiger partial charge in [0.05, 0.1) is 4.90 Å². The van der Waals surface area contributed by atoms with E-state index in [4.69, 9.17) is 0 Å². The van der Waals surface area contributed by atoms with E-state index in [-0.39, 0.29) is 22.8 Å². The van der Waals surface area contributed by atoms with Crippen LogP contribution in [0, 0.1) is 19.8 Å². The van der Waals surface area contributed by atoms with Gasteiger partial charge in [-0.2, -0.15) is 4.72 Å². The van der Waals surface area contributed by atoms with Gasteiger partial charge in [-0.05, 0) is 68.5 Å². The second kappa shape index (κ2) is 9.03. The molecule has 0 aliphatic carbocycles. The first-order chi connectivity index (χ1) is 14.9. The zero-order valence-electron chi connectivity index (χ0n) is 19.4. The van der Waals surface area contributed by atoms with E-state index in [0.29, 0.717) is 12.1 Å². The molecule has 2 amide bonds. The summed E-state index contributed by atoms with van der Waals surface area (Å²) >= 11 is 0. The molecule has 2 atom stereocenters. The first-order valence-corrected chi connectivity index (χ1v) is 12.2. The third-order valence-electron chi connectivity index (χ3n) is 5.79. The Morgan fingerprint density at radius 2 is 1.78 bits per heavy atom. The lowest BCUT2D eigenvalue weighted by molar-refractivity contribution is -0.118. The van der Waals surface area contributed by atoms with Crippen molar-refractivity contribution < 1.29 is 18.0 Å². The molecule has 32 heavy (non-hydrogen) atoms. The smallest absolute Gasteiger partial charge is 0.242 e. The van der Waals surface area contributed by atoms with E-state index >= 15 is 0 Å². The fourth-order valence-corrected chi connectivity index (χ4v) is 5.54. The van der Waals surface area contributed by atoms with Crippen LogP contribution in [0.1, 0.15) is 44.4 Å². The number of hydrogen-bond donors (Lipinski definition) is 2. The van der Waals surface area contributed by atoms with Crippen LogP contribution in [0.3, 0.4) is 0 Å². The number of nitrogens with one attached hydrogen (secondary N) is 2. The minimum atomic E-state index is -3.95. The number of rotatable bonds is 6. The Morgan fingerprint density at radius 1 is 1.09 bits per heavy atom. The summed E-state index contributed by atoms with van der Waals surface area (Å²) in [6, 6.07) is 9.44. The van der Waals surface area contributed by atoms with Crippen LogP contribution in [-0.2, 0) is 26.0 Å². The van der Waals surface area contributed by atoms with Gasteiger partial charge in [-0.15, -0.1) is 0 Å². The molecule has 0 fully saturated rings. The molecule has 7 nitrogen and oxygen atoms in total. The molecule has 2 N–H and O–H groups in total. The Hall–Kier alpha value is -2.71. The number of fused-ring (bicyclic) bond motifs is 1. The van der Waals surface area contributed by atoms with Gasteiger partial charge >= 0.3 is 0 Å². The number of aryl methyl sites for hydroxylation is 2. The second-order valence-electron chi connectivity index (χ2n) is 8.88. The molecule has 0 saturated heterocycles. The summed E-state index contributed by atoms with van der Waals surface area (Å²) in [6.45, 7) is 10.9. The van der Waals surface area contributed by atoms with Crippen molar-refractivity contribution in [1.29, 1.82) is 0 Å². The van der Waals surface area contributed by atoms with Gasteiger partial charge in [0.25, 0.3) is 0 Å². The average Bonchev–Trinajstić information content (AvgIpc) is 3.03. The van der Waals surface area contributed by atoms with E-state index in [1.165, 1.54) is 13.0 Å². The van der Waals surface area contributed by atoms with Gasteiger partial charge in [0.2, 0.25) is 21.8 Å². The van der Waals surface area contributed by atoms with Gasteiger partial charge < -0.3 is 10.2 Å².